The van der Waals surface area contributed by atoms with Gasteiger partial charge in [-0.2, -0.15) is 0 Å². The van der Waals surface area contributed by atoms with E-state index >= 15 is 0 Å². The monoisotopic (exact) mass is 404 g/mol. The fraction of sp³-hybridized carbons (Fsp3) is 0.381. The Balaban J connectivity index is 1.91. The van der Waals surface area contributed by atoms with Crippen LogP contribution in [0.25, 0.3) is 0 Å². The van der Waals surface area contributed by atoms with Crippen LogP contribution in [0.1, 0.15) is 26.3 Å². The fourth-order valence-electron chi connectivity index (χ4n) is 2.74. The number of carbonyl (C=O) groups is 1. The molecule has 0 aromatic heterocycles. The lowest BCUT2D eigenvalue weighted by Gasteiger charge is -2.23. The van der Waals surface area contributed by atoms with Gasteiger partial charge in [0.25, 0.3) is 0 Å². The predicted octanol–water partition coefficient (Wildman–Crippen LogP) is 2.95. The summed E-state index contributed by atoms with van der Waals surface area (Å²) >= 11 is 0. The second kappa shape index (κ2) is 9.10. The zero-order chi connectivity index (χ0) is 20.8. The molecule has 0 heterocycles. The van der Waals surface area contributed by atoms with Crippen molar-refractivity contribution >= 4 is 21.6 Å². The van der Waals surface area contributed by atoms with Crippen LogP contribution in [0.5, 0.6) is 5.75 Å². The maximum Gasteiger partial charge on any atom is 0.240 e. The Morgan fingerprint density at radius 3 is 2.25 bits per heavy atom. The van der Waals surface area contributed by atoms with Gasteiger partial charge in [-0.3, -0.25) is 9.10 Å². The summed E-state index contributed by atoms with van der Waals surface area (Å²) in [4.78, 5) is 12.2. The molecule has 0 atom stereocenters. The molecule has 0 saturated heterocycles. The van der Waals surface area contributed by atoms with Crippen LogP contribution in [0.3, 0.4) is 0 Å². The van der Waals surface area contributed by atoms with Crippen LogP contribution in [-0.2, 0) is 20.2 Å². The summed E-state index contributed by atoms with van der Waals surface area (Å²) < 4.78 is 31.0. The van der Waals surface area contributed by atoms with Crippen molar-refractivity contribution in [2.75, 3.05) is 30.3 Å². The standard InChI is InChI=1S/C21H28N2O4S/c1-21(2,3)18-12-8-9-13-19(18)27-15-14-22-20(24)16-23(28(4,25)26)17-10-6-5-7-11-17/h5-13H,14-16H2,1-4H3,(H,22,24). The second-order valence-electron chi connectivity index (χ2n) is 7.55. The molecule has 0 aliphatic heterocycles. The molecule has 0 radical (unpaired) electrons. The minimum Gasteiger partial charge on any atom is -0.491 e. The third-order valence-electron chi connectivity index (χ3n) is 4.11. The Hall–Kier alpha value is -2.54. The Labute approximate surface area is 167 Å². The summed E-state index contributed by atoms with van der Waals surface area (Å²) in [6.07, 6.45) is 1.08. The highest BCUT2D eigenvalue weighted by atomic mass is 32.2. The van der Waals surface area contributed by atoms with Crippen LogP contribution in [0.2, 0.25) is 0 Å². The average Bonchev–Trinajstić information content (AvgIpc) is 2.62. The first kappa shape index (κ1) is 21.8. The molecule has 0 unspecified atom stereocenters. The lowest BCUT2D eigenvalue weighted by Crippen LogP contribution is -2.41. The van der Waals surface area contributed by atoms with E-state index in [4.69, 9.17) is 4.74 Å². The normalized spacial score (nSPS) is 11.7. The Morgan fingerprint density at radius 2 is 1.64 bits per heavy atom. The number of sulfonamides is 1. The van der Waals surface area contributed by atoms with Crippen molar-refractivity contribution in [3.63, 3.8) is 0 Å². The molecule has 0 spiro atoms. The number of carbonyl (C=O) groups excluding carboxylic acids is 1. The Kier molecular flexibility index (Phi) is 7.07. The molecule has 28 heavy (non-hydrogen) atoms. The zero-order valence-corrected chi connectivity index (χ0v) is 17.6. The molecule has 2 aromatic carbocycles. The van der Waals surface area contributed by atoms with Crippen LogP contribution in [0.4, 0.5) is 5.69 Å². The number of hydrogen-bond acceptors (Lipinski definition) is 4. The van der Waals surface area contributed by atoms with Crippen molar-refractivity contribution in [2.24, 2.45) is 0 Å². The van der Waals surface area contributed by atoms with E-state index in [1.54, 1.807) is 30.3 Å². The van der Waals surface area contributed by atoms with E-state index in [1.165, 1.54) is 0 Å². The van der Waals surface area contributed by atoms with Gasteiger partial charge < -0.3 is 10.1 Å². The molecule has 1 N–H and O–H groups in total. The van der Waals surface area contributed by atoms with Crippen molar-refractivity contribution in [3.05, 3.63) is 60.2 Å². The maximum atomic E-state index is 12.2. The van der Waals surface area contributed by atoms with Crippen molar-refractivity contribution in [2.45, 2.75) is 26.2 Å². The van der Waals surface area contributed by atoms with Gasteiger partial charge >= 0.3 is 0 Å². The summed E-state index contributed by atoms with van der Waals surface area (Å²) in [6.45, 7) is 6.63. The highest BCUT2D eigenvalue weighted by molar-refractivity contribution is 7.92. The average molecular weight is 405 g/mol. The van der Waals surface area contributed by atoms with E-state index in [0.29, 0.717) is 12.3 Å². The Bertz CT molecular complexity index is 890. The van der Waals surface area contributed by atoms with E-state index in [-0.39, 0.29) is 24.4 Å². The first-order valence-electron chi connectivity index (χ1n) is 9.11. The number of nitrogens with one attached hydrogen (secondary N) is 1. The first-order chi connectivity index (χ1) is 13.1. The molecule has 0 bridgehead atoms. The molecule has 2 aromatic rings. The molecular formula is C21H28N2O4S. The summed E-state index contributed by atoms with van der Waals surface area (Å²) in [6, 6.07) is 16.4. The first-order valence-corrected chi connectivity index (χ1v) is 11.0. The number of hydrogen-bond donors (Lipinski definition) is 1. The number of anilines is 1. The van der Waals surface area contributed by atoms with Gasteiger partial charge in [0, 0.05) is 0 Å². The SMILES string of the molecule is CC(C)(C)c1ccccc1OCCNC(=O)CN(c1ccccc1)S(C)(=O)=O. The number of benzene rings is 2. The lowest BCUT2D eigenvalue weighted by molar-refractivity contribution is -0.119. The van der Waals surface area contributed by atoms with E-state index < -0.39 is 10.0 Å². The minimum atomic E-state index is -3.57. The van der Waals surface area contributed by atoms with Crippen molar-refractivity contribution in [3.8, 4) is 5.75 Å². The van der Waals surface area contributed by atoms with Crippen LogP contribution < -0.4 is 14.4 Å². The van der Waals surface area contributed by atoms with Crippen LogP contribution in [0.15, 0.2) is 54.6 Å². The Morgan fingerprint density at radius 1 is 1.04 bits per heavy atom. The van der Waals surface area contributed by atoms with Gasteiger partial charge in [0.05, 0.1) is 18.5 Å². The molecule has 6 nitrogen and oxygen atoms in total. The molecule has 152 valence electrons. The van der Waals surface area contributed by atoms with Crippen LogP contribution >= 0.6 is 0 Å². The number of amides is 1. The highest BCUT2D eigenvalue weighted by Crippen LogP contribution is 2.30. The summed E-state index contributed by atoms with van der Waals surface area (Å²) in [5, 5.41) is 2.71. The number of ether oxygens (including phenoxy) is 1. The highest BCUT2D eigenvalue weighted by Gasteiger charge is 2.21. The molecule has 7 heteroatoms. The third kappa shape index (κ3) is 6.27. The van der Waals surface area contributed by atoms with Gasteiger partial charge in [0.15, 0.2) is 0 Å². The second-order valence-corrected chi connectivity index (χ2v) is 9.46. The number of nitrogens with zero attached hydrogens (tertiary/aromatic N) is 1. The predicted molar refractivity (Wildman–Crippen MR) is 112 cm³/mol. The van der Waals surface area contributed by atoms with E-state index in [0.717, 1.165) is 21.9 Å². The molecule has 0 aliphatic carbocycles. The van der Waals surface area contributed by atoms with Crippen molar-refractivity contribution < 1.29 is 17.9 Å². The van der Waals surface area contributed by atoms with Crippen LogP contribution in [0, 0.1) is 0 Å². The van der Waals surface area contributed by atoms with Gasteiger partial charge in [0.1, 0.15) is 18.9 Å². The molecule has 2 rings (SSSR count). The van der Waals surface area contributed by atoms with E-state index in [9.17, 15) is 13.2 Å². The molecule has 0 fully saturated rings. The van der Waals surface area contributed by atoms with Gasteiger partial charge in [-0.1, -0.05) is 57.2 Å². The van der Waals surface area contributed by atoms with Gasteiger partial charge in [0.2, 0.25) is 15.9 Å². The molecule has 0 aliphatic rings. The van der Waals surface area contributed by atoms with E-state index in [2.05, 4.69) is 26.1 Å². The molecule has 1 amide bonds. The summed E-state index contributed by atoms with van der Waals surface area (Å²) in [7, 11) is -3.57. The lowest BCUT2D eigenvalue weighted by atomic mass is 9.86. The third-order valence-corrected chi connectivity index (χ3v) is 5.25. The van der Waals surface area contributed by atoms with Crippen LogP contribution in [-0.4, -0.2) is 40.3 Å². The summed E-state index contributed by atoms with van der Waals surface area (Å²) in [5.41, 5.74) is 1.50. The van der Waals surface area contributed by atoms with Crippen molar-refractivity contribution in [1.82, 2.24) is 5.32 Å². The van der Waals surface area contributed by atoms with E-state index in [1.807, 2.05) is 24.3 Å². The number of rotatable bonds is 8. The number of para-hydroxylation sites is 2. The zero-order valence-electron chi connectivity index (χ0n) is 16.8. The topological polar surface area (TPSA) is 75.7 Å². The quantitative estimate of drug-likeness (QED) is 0.687. The maximum absolute atomic E-state index is 12.2. The smallest absolute Gasteiger partial charge is 0.240 e. The molecular weight excluding hydrogens is 376 g/mol. The van der Waals surface area contributed by atoms with Gasteiger partial charge in [-0.15, -0.1) is 0 Å². The summed E-state index contributed by atoms with van der Waals surface area (Å²) in [5.74, 6) is 0.397. The molecule has 0 saturated carbocycles. The van der Waals surface area contributed by atoms with Gasteiger partial charge in [-0.05, 0) is 29.2 Å². The minimum absolute atomic E-state index is 0.0501. The van der Waals surface area contributed by atoms with Gasteiger partial charge in [-0.25, -0.2) is 8.42 Å². The largest absolute Gasteiger partial charge is 0.491 e. The van der Waals surface area contributed by atoms with Crippen molar-refractivity contribution in [1.29, 1.82) is 0 Å². The fourth-order valence-corrected chi connectivity index (χ4v) is 3.60.